The molecule has 2 aromatic rings. The molecule has 0 saturated heterocycles. The minimum atomic E-state index is -1.35. The summed E-state index contributed by atoms with van der Waals surface area (Å²) in [6, 6.07) is 4.16. The Labute approximate surface area is 111 Å². The first kappa shape index (κ1) is 13.4. The van der Waals surface area contributed by atoms with E-state index in [1.165, 1.54) is 11.1 Å². The second-order valence-electron chi connectivity index (χ2n) is 4.69. The molecule has 0 unspecified atom stereocenters. The number of rotatable bonds is 4. The molecule has 0 spiro atoms. The van der Waals surface area contributed by atoms with Gasteiger partial charge < -0.3 is 9.84 Å². The smallest absolute Gasteiger partial charge is 0.449 e. The fourth-order valence-corrected chi connectivity index (χ4v) is 2.17. The van der Waals surface area contributed by atoms with Crippen molar-refractivity contribution in [2.45, 2.75) is 33.1 Å². The van der Waals surface area contributed by atoms with Crippen molar-refractivity contribution in [3.05, 3.63) is 23.3 Å². The lowest BCUT2D eigenvalue weighted by Gasteiger charge is -2.05. The zero-order valence-electron chi connectivity index (χ0n) is 11.4. The molecule has 1 N–H and O–H groups in total. The predicted molar refractivity (Wildman–Crippen MR) is 72.7 cm³/mol. The quantitative estimate of drug-likeness (QED) is 0.859. The van der Waals surface area contributed by atoms with Gasteiger partial charge >= 0.3 is 12.2 Å². The Morgan fingerprint density at radius 1 is 1.47 bits per heavy atom. The highest BCUT2D eigenvalue weighted by Crippen LogP contribution is 2.24. The van der Waals surface area contributed by atoms with Crippen molar-refractivity contribution in [2.24, 2.45) is 7.05 Å². The molecule has 0 radical (unpaired) electrons. The first-order valence-electron chi connectivity index (χ1n) is 6.39. The normalized spacial score (nSPS) is 10.9. The maximum atomic E-state index is 10.6. The SMILES string of the molecule is CCCCc1cc2nc(OC(=O)O)n(C)c2cc1C. The van der Waals surface area contributed by atoms with E-state index in [1.807, 2.05) is 12.1 Å². The number of ether oxygens (including phenoxy) is 1. The number of benzene rings is 1. The number of nitrogens with zero attached hydrogens (tertiary/aromatic N) is 2. The monoisotopic (exact) mass is 262 g/mol. The summed E-state index contributed by atoms with van der Waals surface area (Å²) in [5.74, 6) is 0. The topological polar surface area (TPSA) is 64.3 Å². The van der Waals surface area contributed by atoms with Gasteiger partial charge in [0.2, 0.25) is 0 Å². The minimum absolute atomic E-state index is 0.106. The average Bonchev–Trinajstić information content (AvgIpc) is 2.63. The predicted octanol–water partition coefficient (Wildman–Crippen LogP) is 3.28. The van der Waals surface area contributed by atoms with Crippen molar-refractivity contribution in [2.75, 3.05) is 0 Å². The molecule has 0 saturated carbocycles. The van der Waals surface area contributed by atoms with Crippen molar-refractivity contribution in [3.8, 4) is 6.01 Å². The Balaban J connectivity index is 2.45. The summed E-state index contributed by atoms with van der Waals surface area (Å²) >= 11 is 0. The Morgan fingerprint density at radius 2 is 2.21 bits per heavy atom. The van der Waals surface area contributed by atoms with Gasteiger partial charge in [0.15, 0.2) is 0 Å². The van der Waals surface area contributed by atoms with E-state index < -0.39 is 6.16 Å². The van der Waals surface area contributed by atoms with Gasteiger partial charge in [0.1, 0.15) is 0 Å². The van der Waals surface area contributed by atoms with Gasteiger partial charge in [0.05, 0.1) is 11.0 Å². The molecular formula is C14H18N2O3. The second-order valence-corrected chi connectivity index (χ2v) is 4.69. The fraction of sp³-hybridized carbons (Fsp3) is 0.429. The number of carboxylic acid groups (broad SMARTS) is 1. The van der Waals surface area contributed by atoms with E-state index in [0.29, 0.717) is 0 Å². The lowest BCUT2D eigenvalue weighted by atomic mass is 10.0. The van der Waals surface area contributed by atoms with E-state index in [-0.39, 0.29) is 6.01 Å². The molecule has 1 heterocycles. The van der Waals surface area contributed by atoms with Gasteiger partial charge in [-0.2, -0.15) is 4.98 Å². The van der Waals surface area contributed by atoms with Crippen LogP contribution in [0.25, 0.3) is 11.0 Å². The number of fused-ring (bicyclic) bond motifs is 1. The molecule has 102 valence electrons. The molecule has 5 nitrogen and oxygen atoms in total. The molecule has 1 aromatic heterocycles. The van der Waals surface area contributed by atoms with Crippen LogP contribution in [-0.4, -0.2) is 20.8 Å². The highest BCUT2D eigenvalue weighted by atomic mass is 16.7. The van der Waals surface area contributed by atoms with Gasteiger partial charge in [0.25, 0.3) is 0 Å². The molecule has 0 fully saturated rings. The van der Waals surface area contributed by atoms with E-state index in [9.17, 15) is 4.79 Å². The number of aromatic nitrogens is 2. The Kier molecular flexibility index (Phi) is 3.74. The number of aryl methyl sites for hydroxylation is 3. The third-order valence-corrected chi connectivity index (χ3v) is 3.28. The first-order valence-corrected chi connectivity index (χ1v) is 6.39. The largest absolute Gasteiger partial charge is 0.513 e. The lowest BCUT2D eigenvalue weighted by molar-refractivity contribution is 0.139. The van der Waals surface area contributed by atoms with Crippen molar-refractivity contribution in [3.63, 3.8) is 0 Å². The van der Waals surface area contributed by atoms with Gasteiger partial charge in [-0.15, -0.1) is 0 Å². The van der Waals surface area contributed by atoms with Gasteiger partial charge in [0, 0.05) is 7.05 Å². The molecule has 1 aromatic carbocycles. The number of hydrogen-bond acceptors (Lipinski definition) is 3. The molecule has 19 heavy (non-hydrogen) atoms. The van der Waals surface area contributed by atoms with E-state index in [2.05, 4.69) is 23.6 Å². The van der Waals surface area contributed by atoms with Crippen LogP contribution in [0.4, 0.5) is 4.79 Å². The van der Waals surface area contributed by atoms with Crippen molar-refractivity contribution >= 4 is 17.2 Å². The van der Waals surface area contributed by atoms with Crippen molar-refractivity contribution in [1.29, 1.82) is 0 Å². The van der Waals surface area contributed by atoms with Crippen molar-refractivity contribution < 1.29 is 14.6 Å². The minimum Gasteiger partial charge on any atom is -0.449 e. The Bertz CT molecular complexity index is 617. The summed E-state index contributed by atoms with van der Waals surface area (Å²) in [6.07, 6.45) is 1.95. The summed E-state index contributed by atoms with van der Waals surface area (Å²) in [4.78, 5) is 14.8. The van der Waals surface area contributed by atoms with Crippen LogP contribution in [0.5, 0.6) is 6.01 Å². The molecular weight excluding hydrogens is 244 g/mol. The van der Waals surface area contributed by atoms with E-state index in [1.54, 1.807) is 11.6 Å². The number of carbonyl (C=O) groups is 1. The number of unbranched alkanes of at least 4 members (excludes halogenated alkanes) is 1. The lowest BCUT2D eigenvalue weighted by Crippen LogP contribution is -2.07. The summed E-state index contributed by atoms with van der Waals surface area (Å²) in [7, 11) is 1.75. The summed E-state index contributed by atoms with van der Waals surface area (Å²) in [6.45, 7) is 4.22. The maximum Gasteiger partial charge on any atom is 0.513 e. The standard InChI is InChI=1S/C14H18N2O3/c1-4-5-6-10-8-11-12(7-9(10)2)16(3)13(15-11)19-14(17)18/h7-8H,4-6H2,1-3H3,(H,17,18). The maximum absolute atomic E-state index is 10.6. The van der Waals surface area contributed by atoms with E-state index >= 15 is 0 Å². The van der Waals surface area contributed by atoms with Crippen LogP contribution in [0.1, 0.15) is 30.9 Å². The van der Waals surface area contributed by atoms with Gasteiger partial charge in [-0.25, -0.2) is 4.79 Å². The van der Waals surface area contributed by atoms with Crippen molar-refractivity contribution in [1.82, 2.24) is 9.55 Å². The fourth-order valence-electron chi connectivity index (χ4n) is 2.17. The summed E-state index contributed by atoms with van der Waals surface area (Å²) in [5, 5.41) is 8.67. The third-order valence-electron chi connectivity index (χ3n) is 3.28. The molecule has 0 aliphatic carbocycles. The highest BCUT2D eigenvalue weighted by molar-refractivity contribution is 5.79. The van der Waals surface area contributed by atoms with Gasteiger partial charge in [-0.05, 0) is 43.0 Å². The second kappa shape index (κ2) is 5.30. The summed E-state index contributed by atoms with van der Waals surface area (Å²) < 4.78 is 6.31. The van der Waals surface area contributed by atoms with Crippen LogP contribution in [0.2, 0.25) is 0 Å². The highest BCUT2D eigenvalue weighted by Gasteiger charge is 2.13. The average molecular weight is 262 g/mol. The van der Waals surface area contributed by atoms with Crippen LogP contribution in [-0.2, 0) is 13.5 Å². The molecule has 0 aliphatic heterocycles. The molecule has 0 amide bonds. The van der Waals surface area contributed by atoms with E-state index in [0.717, 1.165) is 30.3 Å². The van der Waals surface area contributed by atoms with Gasteiger partial charge in [-0.1, -0.05) is 13.3 Å². The molecule has 5 heteroatoms. The summed E-state index contributed by atoms with van der Waals surface area (Å²) in [5.41, 5.74) is 4.12. The van der Waals surface area contributed by atoms with E-state index in [4.69, 9.17) is 5.11 Å². The molecule has 0 aliphatic rings. The number of imidazole rings is 1. The number of hydrogen-bond donors (Lipinski definition) is 1. The first-order chi connectivity index (χ1) is 9.02. The molecule has 0 atom stereocenters. The third kappa shape index (κ3) is 2.70. The van der Waals surface area contributed by atoms with Crippen LogP contribution < -0.4 is 4.74 Å². The van der Waals surface area contributed by atoms with Gasteiger partial charge in [-0.3, -0.25) is 4.57 Å². The zero-order chi connectivity index (χ0) is 14.0. The zero-order valence-corrected chi connectivity index (χ0v) is 11.4. The Hall–Kier alpha value is -2.04. The van der Waals surface area contributed by atoms with Crippen LogP contribution in [0, 0.1) is 6.92 Å². The molecule has 2 rings (SSSR count). The Morgan fingerprint density at radius 3 is 2.84 bits per heavy atom. The molecule has 0 bridgehead atoms. The van der Waals surface area contributed by atoms with Crippen LogP contribution in [0.3, 0.4) is 0 Å². The van der Waals surface area contributed by atoms with Crippen LogP contribution >= 0.6 is 0 Å². The van der Waals surface area contributed by atoms with Crippen LogP contribution in [0.15, 0.2) is 12.1 Å².